The van der Waals surface area contributed by atoms with Crippen molar-refractivity contribution in [2.24, 2.45) is 0 Å². The molecular weight excluding hydrogens is 476 g/mol. The first-order valence-corrected chi connectivity index (χ1v) is 12.6. The van der Waals surface area contributed by atoms with E-state index in [9.17, 15) is 9.59 Å². The van der Waals surface area contributed by atoms with Crippen molar-refractivity contribution in [2.75, 3.05) is 24.4 Å². The van der Waals surface area contributed by atoms with E-state index in [0.717, 1.165) is 12.0 Å². The molecule has 0 aromatic heterocycles. The Morgan fingerprint density at radius 2 is 1.42 bits per heavy atom. The summed E-state index contributed by atoms with van der Waals surface area (Å²) in [6.45, 7) is 2.09. The van der Waals surface area contributed by atoms with Gasteiger partial charge in [-0.25, -0.2) is 0 Å². The molecule has 0 saturated heterocycles. The lowest BCUT2D eigenvalue weighted by atomic mass is 9.78. The SMILES string of the molecule is CCc1ccc(NC(=O)[C@H]2c3ccccc3C(=O)N(c3ccc(OC)cc3)[C@@H]2c2ccc(OC)cc2)cc1. The quantitative estimate of drug-likeness (QED) is 0.315. The van der Waals surface area contributed by atoms with Gasteiger partial charge in [-0.2, -0.15) is 0 Å². The van der Waals surface area contributed by atoms with Crippen molar-refractivity contribution in [2.45, 2.75) is 25.3 Å². The molecule has 4 aromatic rings. The van der Waals surface area contributed by atoms with Crippen LogP contribution in [0.2, 0.25) is 0 Å². The van der Waals surface area contributed by atoms with Gasteiger partial charge in [0.05, 0.1) is 26.2 Å². The van der Waals surface area contributed by atoms with Crippen molar-refractivity contribution in [1.82, 2.24) is 0 Å². The summed E-state index contributed by atoms with van der Waals surface area (Å²) >= 11 is 0. The highest BCUT2D eigenvalue weighted by Gasteiger charge is 2.45. The van der Waals surface area contributed by atoms with Gasteiger partial charge < -0.3 is 14.8 Å². The minimum atomic E-state index is -0.662. The van der Waals surface area contributed by atoms with E-state index in [1.54, 1.807) is 25.2 Å². The zero-order valence-corrected chi connectivity index (χ0v) is 21.7. The highest BCUT2D eigenvalue weighted by atomic mass is 16.5. The summed E-state index contributed by atoms with van der Waals surface area (Å²) in [5, 5.41) is 3.11. The molecule has 38 heavy (non-hydrogen) atoms. The van der Waals surface area contributed by atoms with Gasteiger partial charge in [0.25, 0.3) is 5.91 Å². The minimum absolute atomic E-state index is 0.164. The first-order chi connectivity index (χ1) is 18.5. The monoisotopic (exact) mass is 506 g/mol. The summed E-state index contributed by atoms with van der Waals surface area (Å²) in [5.41, 5.74) is 4.62. The van der Waals surface area contributed by atoms with Crippen molar-refractivity contribution in [3.63, 3.8) is 0 Å². The number of anilines is 2. The number of ether oxygens (including phenoxy) is 2. The number of benzene rings is 4. The van der Waals surface area contributed by atoms with Crippen molar-refractivity contribution in [1.29, 1.82) is 0 Å². The molecule has 192 valence electrons. The van der Waals surface area contributed by atoms with Gasteiger partial charge in [0.1, 0.15) is 11.5 Å². The Morgan fingerprint density at radius 1 is 0.816 bits per heavy atom. The fraction of sp³-hybridized carbons (Fsp3) is 0.188. The second-order valence-corrected chi connectivity index (χ2v) is 9.20. The molecule has 1 aliphatic rings. The van der Waals surface area contributed by atoms with Gasteiger partial charge in [0.15, 0.2) is 0 Å². The Bertz CT molecular complexity index is 1430. The van der Waals surface area contributed by atoms with Gasteiger partial charge in [-0.05, 0) is 77.7 Å². The molecular formula is C32H30N2O4. The first kappa shape index (κ1) is 25.1. The molecule has 1 N–H and O–H groups in total. The van der Waals surface area contributed by atoms with Gasteiger partial charge in [0, 0.05) is 16.9 Å². The maximum absolute atomic E-state index is 14.1. The zero-order valence-electron chi connectivity index (χ0n) is 21.7. The first-order valence-electron chi connectivity index (χ1n) is 12.6. The van der Waals surface area contributed by atoms with E-state index in [1.807, 2.05) is 91.0 Å². The molecule has 5 rings (SSSR count). The second kappa shape index (κ2) is 10.8. The number of amides is 2. The van der Waals surface area contributed by atoms with E-state index in [2.05, 4.69) is 12.2 Å². The topological polar surface area (TPSA) is 67.9 Å². The third-order valence-corrected chi connectivity index (χ3v) is 7.06. The Balaban J connectivity index is 1.65. The summed E-state index contributed by atoms with van der Waals surface area (Å²) in [7, 11) is 3.21. The lowest BCUT2D eigenvalue weighted by molar-refractivity contribution is -0.118. The molecule has 6 heteroatoms. The van der Waals surface area contributed by atoms with Gasteiger partial charge in [-0.1, -0.05) is 49.4 Å². The zero-order chi connectivity index (χ0) is 26.6. The predicted octanol–water partition coefficient (Wildman–Crippen LogP) is 6.39. The minimum Gasteiger partial charge on any atom is -0.497 e. The molecule has 0 radical (unpaired) electrons. The number of nitrogens with zero attached hydrogens (tertiary/aromatic N) is 1. The van der Waals surface area contributed by atoms with E-state index in [-0.39, 0.29) is 11.8 Å². The highest BCUT2D eigenvalue weighted by Crippen LogP contribution is 2.46. The van der Waals surface area contributed by atoms with Crippen molar-refractivity contribution >= 4 is 23.2 Å². The van der Waals surface area contributed by atoms with Crippen LogP contribution in [0.5, 0.6) is 11.5 Å². The number of carbonyl (C=O) groups excluding carboxylic acids is 2. The van der Waals surface area contributed by atoms with Crippen LogP contribution in [0.1, 0.15) is 45.9 Å². The van der Waals surface area contributed by atoms with Crippen LogP contribution in [-0.4, -0.2) is 26.0 Å². The number of hydrogen-bond donors (Lipinski definition) is 1. The molecule has 0 bridgehead atoms. The maximum atomic E-state index is 14.1. The van der Waals surface area contributed by atoms with E-state index >= 15 is 0 Å². The lowest BCUT2D eigenvalue weighted by Crippen LogP contribution is -2.46. The van der Waals surface area contributed by atoms with Crippen LogP contribution in [0, 0.1) is 0 Å². The van der Waals surface area contributed by atoms with Crippen molar-refractivity contribution < 1.29 is 19.1 Å². The summed E-state index contributed by atoms with van der Waals surface area (Å²) in [6, 6.07) is 29.5. The number of fused-ring (bicyclic) bond motifs is 1. The molecule has 0 spiro atoms. The number of carbonyl (C=O) groups is 2. The fourth-order valence-corrected chi connectivity index (χ4v) is 5.03. The van der Waals surface area contributed by atoms with Crippen LogP contribution >= 0.6 is 0 Å². The summed E-state index contributed by atoms with van der Waals surface area (Å²) in [5.74, 6) is 0.371. The summed E-state index contributed by atoms with van der Waals surface area (Å²) in [4.78, 5) is 29.8. The second-order valence-electron chi connectivity index (χ2n) is 9.20. The number of rotatable bonds is 7. The number of nitrogens with one attached hydrogen (secondary N) is 1. The Kier molecular flexibility index (Phi) is 7.13. The van der Waals surface area contributed by atoms with Crippen molar-refractivity contribution in [3.8, 4) is 11.5 Å². The molecule has 4 aromatic carbocycles. The third-order valence-electron chi connectivity index (χ3n) is 7.06. The van der Waals surface area contributed by atoms with E-state index < -0.39 is 12.0 Å². The molecule has 6 nitrogen and oxygen atoms in total. The van der Waals surface area contributed by atoms with Crippen LogP contribution in [-0.2, 0) is 11.2 Å². The Hall–Kier alpha value is -4.58. The van der Waals surface area contributed by atoms with Crippen molar-refractivity contribution in [3.05, 3.63) is 119 Å². The largest absolute Gasteiger partial charge is 0.497 e. The van der Waals surface area contributed by atoms with Crippen LogP contribution in [0.3, 0.4) is 0 Å². The number of aryl methyl sites for hydroxylation is 1. The number of hydrogen-bond acceptors (Lipinski definition) is 4. The molecule has 2 amide bonds. The molecule has 1 heterocycles. The molecule has 0 unspecified atom stereocenters. The Morgan fingerprint density at radius 3 is 2.03 bits per heavy atom. The molecule has 0 fully saturated rings. The van der Waals surface area contributed by atoms with Crippen LogP contribution in [0.4, 0.5) is 11.4 Å². The molecule has 0 saturated carbocycles. The molecule has 1 aliphatic heterocycles. The summed E-state index contributed by atoms with van der Waals surface area (Å²) < 4.78 is 10.7. The van der Waals surface area contributed by atoms with Gasteiger partial charge in [-0.3, -0.25) is 14.5 Å². The van der Waals surface area contributed by atoms with E-state index in [0.29, 0.717) is 34.0 Å². The average molecular weight is 507 g/mol. The third kappa shape index (κ3) is 4.73. The van der Waals surface area contributed by atoms with Crippen LogP contribution in [0.25, 0.3) is 0 Å². The highest BCUT2D eigenvalue weighted by molar-refractivity contribution is 6.12. The van der Waals surface area contributed by atoms with Gasteiger partial charge in [-0.15, -0.1) is 0 Å². The molecule has 2 atom stereocenters. The van der Waals surface area contributed by atoms with Gasteiger partial charge in [0.2, 0.25) is 5.91 Å². The average Bonchev–Trinajstić information content (AvgIpc) is 2.97. The fourth-order valence-electron chi connectivity index (χ4n) is 5.03. The van der Waals surface area contributed by atoms with Crippen LogP contribution in [0.15, 0.2) is 97.1 Å². The summed E-state index contributed by atoms with van der Waals surface area (Å²) in [6.07, 6.45) is 0.919. The number of methoxy groups -OCH3 is 2. The van der Waals surface area contributed by atoms with Gasteiger partial charge >= 0.3 is 0 Å². The maximum Gasteiger partial charge on any atom is 0.259 e. The lowest BCUT2D eigenvalue weighted by Gasteiger charge is -2.42. The predicted molar refractivity (Wildman–Crippen MR) is 149 cm³/mol. The Labute approximate surface area is 222 Å². The van der Waals surface area contributed by atoms with E-state index in [1.165, 1.54) is 5.56 Å². The molecule has 0 aliphatic carbocycles. The standard InChI is InChI=1S/C32H30N2O4/c1-4-21-9-13-23(14-10-21)33-31(35)29-27-7-5-6-8-28(27)32(36)34(24-15-19-26(38-3)20-16-24)30(29)22-11-17-25(37-2)18-12-22/h5-20,29-30H,4H2,1-3H3,(H,33,35)/t29-,30+/m0/s1. The van der Waals surface area contributed by atoms with E-state index in [4.69, 9.17) is 9.47 Å². The smallest absolute Gasteiger partial charge is 0.259 e. The normalized spacial score (nSPS) is 16.5. The van der Waals surface area contributed by atoms with Crippen LogP contribution < -0.4 is 19.7 Å².